The maximum absolute atomic E-state index is 13.0. The summed E-state index contributed by atoms with van der Waals surface area (Å²) in [5.41, 5.74) is 1.27. The van der Waals surface area contributed by atoms with Crippen molar-refractivity contribution in [1.82, 2.24) is 0 Å². The summed E-state index contributed by atoms with van der Waals surface area (Å²) in [5, 5.41) is 0. The summed E-state index contributed by atoms with van der Waals surface area (Å²) < 4.78 is 28.4. The Morgan fingerprint density at radius 1 is 0.974 bits per heavy atom. The lowest BCUT2D eigenvalue weighted by atomic mass is 9.91. The molecular formula is C31H38O8. The molecule has 0 N–H and O–H groups in total. The number of benzene rings is 2. The Hall–Kier alpha value is -3.65. The summed E-state index contributed by atoms with van der Waals surface area (Å²) >= 11 is 0. The molecule has 0 bridgehead atoms. The number of carbonyl (C=O) groups is 3. The molecule has 0 radical (unpaired) electrons. The van der Waals surface area contributed by atoms with Crippen molar-refractivity contribution in [2.75, 3.05) is 13.2 Å². The van der Waals surface area contributed by atoms with Crippen LogP contribution in [0.5, 0.6) is 0 Å². The van der Waals surface area contributed by atoms with Gasteiger partial charge in [-0.2, -0.15) is 0 Å². The Labute approximate surface area is 230 Å². The molecule has 0 amide bonds. The average molecular weight is 539 g/mol. The van der Waals surface area contributed by atoms with Gasteiger partial charge in [0.05, 0.1) is 37.9 Å². The highest BCUT2D eigenvalue weighted by Gasteiger charge is 2.36. The number of hydrogen-bond donors (Lipinski definition) is 0. The molecule has 8 nitrogen and oxygen atoms in total. The number of carbonyl (C=O) groups excluding carboxylic acids is 3. The summed E-state index contributed by atoms with van der Waals surface area (Å²) in [5.74, 6) is -2.62. The van der Waals surface area contributed by atoms with E-state index in [0.717, 1.165) is 11.1 Å². The lowest BCUT2D eigenvalue weighted by Gasteiger charge is -2.30. The highest BCUT2D eigenvalue weighted by molar-refractivity contribution is 5.81. The van der Waals surface area contributed by atoms with Crippen molar-refractivity contribution in [2.24, 2.45) is 11.8 Å². The van der Waals surface area contributed by atoms with Gasteiger partial charge in [0, 0.05) is 5.92 Å². The minimum absolute atomic E-state index is 0.0183. The van der Waals surface area contributed by atoms with Gasteiger partial charge in [0.25, 0.3) is 0 Å². The van der Waals surface area contributed by atoms with Gasteiger partial charge in [-0.25, -0.2) is 4.79 Å². The second-order valence-electron chi connectivity index (χ2n) is 10.6. The van der Waals surface area contributed by atoms with E-state index < -0.39 is 41.6 Å². The van der Waals surface area contributed by atoms with Gasteiger partial charge in [-0.1, -0.05) is 60.7 Å². The lowest BCUT2D eigenvalue weighted by Crippen LogP contribution is -2.39. The minimum Gasteiger partial charge on any atom is -0.494 e. The van der Waals surface area contributed by atoms with E-state index in [0.29, 0.717) is 6.42 Å². The molecule has 210 valence electrons. The third-order valence-corrected chi connectivity index (χ3v) is 6.05. The molecule has 4 atom stereocenters. The van der Waals surface area contributed by atoms with Gasteiger partial charge >= 0.3 is 17.9 Å². The van der Waals surface area contributed by atoms with Crippen molar-refractivity contribution in [3.63, 3.8) is 0 Å². The van der Waals surface area contributed by atoms with Crippen molar-refractivity contribution in [3.05, 3.63) is 84.1 Å². The van der Waals surface area contributed by atoms with Crippen molar-refractivity contribution in [3.8, 4) is 0 Å². The van der Waals surface area contributed by atoms with Gasteiger partial charge in [0.2, 0.25) is 0 Å². The first-order valence-electron chi connectivity index (χ1n) is 13.2. The van der Waals surface area contributed by atoms with Gasteiger partial charge in [-0.15, -0.1) is 0 Å². The Kier molecular flexibility index (Phi) is 11.1. The Bertz CT molecular complexity index is 1090. The number of cyclic esters (lactones) is 1. The van der Waals surface area contributed by atoms with Gasteiger partial charge in [-0.05, 0) is 45.2 Å². The Morgan fingerprint density at radius 3 is 2.26 bits per heavy atom. The molecule has 3 rings (SSSR count). The van der Waals surface area contributed by atoms with Gasteiger partial charge in [0.1, 0.15) is 24.4 Å². The quantitative estimate of drug-likeness (QED) is 0.194. The van der Waals surface area contributed by atoms with Crippen molar-refractivity contribution in [2.45, 2.75) is 65.0 Å². The fourth-order valence-electron chi connectivity index (χ4n) is 4.26. The maximum Gasteiger partial charge on any atom is 0.334 e. The number of esters is 3. The van der Waals surface area contributed by atoms with Crippen LogP contribution in [0.4, 0.5) is 0 Å². The standard InChI is InChI=1S/C31H38O8/c1-22-29(36-16-15-27(32)37-19-24-13-9-6-10-14-24)25(17-23-11-7-5-8-12-23)20-35-21-26(30(34)38-22)18-28(33)39-31(2,3)4/h5-16,22,25-26,29H,17-21H2,1-4H3/b16-15+/t22-,25-,26-,29-/m0/s1. The third kappa shape index (κ3) is 10.6. The number of ether oxygens (including phenoxy) is 5. The van der Waals surface area contributed by atoms with Crippen LogP contribution < -0.4 is 0 Å². The van der Waals surface area contributed by atoms with Crippen LogP contribution >= 0.6 is 0 Å². The molecule has 1 aliphatic heterocycles. The van der Waals surface area contributed by atoms with E-state index >= 15 is 0 Å². The molecule has 0 aliphatic carbocycles. The van der Waals surface area contributed by atoms with Gasteiger partial charge in [0.15, 0.2) is 0 Å². The van der Waals surface area contributed by atoms with Crippen LogP contribution in [0.25, 0.3) is 0 Å². The summed E-state index contributed by atoms with van der Waals surface area (Å²) in [7, 11) is 0. The smallest absolute Gasteiger partial charge is 0.334 e. The van der Waals surface area contributed by atoms with Crippen molar-refractivity contribution >= 4 is 17.9 Å². The Balaban J connectivity index is 1.69. The van der Waals surface area contributed by atoms with E-state index in [2.05, 4.69) is 0 Å². The zero-order chi connectivity index (χ0) is 28.3. The van der Waals surface area contributed by atoms with E-state index in [1.165, 1.54) is 12.3 Å². The average Bonchev–Trinajstić information content (AvgIpc) is 2.93. The number of hydrogen-bond acceptors (Lipinski definition) is 8. The largest absolute Gasteiger partial charge is 0.494 e. The molecule has 0 saturated carbocycles. The molecule has 39 heavy (non-hydrogen) atoms. The van der Waals surface area contributed by atoms with E-state index in [9.17, 15) is 14.4 Å². The van der Waals surface area contributed by atoms with Gasteiger partial charge < -0.3 is 23.7 Å². The number of rotatable bonds is 9. The fourth-order valence-corrected chi connectivity index (χ4v) is 4.26. The SMILES string of the molecule is C[C@@H]1OC(=O)[C@@H](CC(=O)OC(C)(C)C)COC[C@H](Cc2ccccc2)[C@H]1O/C=C/C(=O)OCc1ccccc1. The first-order valence-corrected chi connectivity index (χ1v) is 13.2. The topological polar surface area (TPSA) is 97.4 Å². The van der Waals surface area contributed by atoms with Crippen LogP contribution in [0.15, 0.2) is 73.0 Å². The van der Waals surface area contributed by atoms with E-state index in [1.54, 1.807) is 27.7 Å². The van der Waals surface area contributed by atoms with Crippen LogP contribution in [0, 0.1) is 11.8 Å². The lowest BCUT2D eigenvalue weighted by molar-refractivity contribution is -0.167. The normalized spacial score (nSPS) is 22.2. The molecule has 0 spiro atoms. The summed E-state index contributed by atoms with van der Waals surface area (Å²) in [6, 6.07) is 19.2. The minimum atomic E-state index is -0.804. The summed E-state index contributed by atoms with van der Waals surface area (Å²) in [6.45, 7) is 7.47. The zero-order valence-electron chi connectivity index (χ0n) is 23.0. The molecule has 1 fully saturated rings. The maximum atomic E-state index is 13.0. The van der Waals surface area contributed by atoms with Crippen LogP contribution in [-0.2, 0) is 51.1 Å². The van der Waals surface area contributed by atoms with Crippen molar-refractivity contribution in [1.29, 1.82) is 0 Å². The zero-order valence-corrected chi connectivity index (χ0v) is 23.0. The molecule has 0 aromatic heterocycles. The van der Waals surface area contributed by atoms with Crippen LogP contribution in [0.3, 0.4) is 0 Å². The second-order valence-corrected chi connectivity index (χ2v) is 10.6. The fraction of sp³-hybridized carbons (Fsp3) is 0.452. The molecule has 2 aromatic rings. The monoisotopic (exact) mass is 538 g/mol. The second kappa shape index (κ2) is 14.5. The molecule has 1 saturated heterocycles. The molecule has 1 heterocycles. The van der Waals surface area contributed by atoms with Crippen molar-refractivity contribution < 1.29 is 38.1 Å². The summed E-state index contributed by atoms with van der Waals surface area (Å²) in [6.07, 6.45) is 1.62. The molecule has 1 aliphatic rings. The highest BCUT2D eigenvalue weighted by atomic mass is 16.6. The van der Waals surface area contributed by atoms with Crippen LogP contribution in [-0.4, -0.2) is 48.9 Å². The molecule has 8 heteroatoms. The van der Waals surface area contributed by atoms with Crippen LogP contribution in [0.1, 0.15) is 45.2 Å². The van der Waals surface area contributed by atoms with E-state index in [4.69, 9.17) is 23.7 Å². The first kappa shape index (κ1) is 29.9. The predicted octanol–water partition coefficient (Wildman–Crippen LogP) is 4.80. The summed E-state index contributed by atoms with van der Waals surface area (Å²) in [4.78, 5) is 37.6. The molecular weight excluding hydrogens is 500 g/mol. The Morgan fingerprint density at radius 2 is 1.62 bits per heavy atom. The highest BCUT2D eigenvalue weighted by Crippen LogP contribution is 2.25. The molecule has 0 unspecified atom stereocenters. The van der Waals surface area contributed by atoms with E-state index in [-0.39, 0.29) is 32.2 Å². The van der Waals surface area contributed by atoms with Crippen LogP contribution in [0.2, 0.25) is 0 Å². The molecule has 2 aromatic carbocycles. The third-order valence-electron chi connectivity index (χ3n) is 6.05. The van der Waals surface area contributed by atoms with E-state index in [1.807, 2.05) is 60.7 Å². The first-order chi connectivity index (χ1) is 18.6. The van der Waals surface area contributed by atoms with Gasteiger partial charge in [-0.3, -0.25) is 9.59 Å². The predicted molar refractivity (Wildman–Crippen MR) is 144 cm³/mol.